The van der Waals surface area contributed by atoms with Crippen molar-refractivity contribution in [2.24, 2.45) is 0 Å². The summed E-state index contributed by atoms with van der Waals surface area (Å²) in [6, 6.07) is 10.1. The van der Waals surface area contributed by atoms with E-state index in [1.807, 2.05) is 19.1 Å². The van der Waals surface area contributed by atoms with Crippen LogP contribution in [-0.4, -0.2) is 10.5 Å². The summed E-state index contributed by atoms with van der Waals surface area (Å²) in [5.41, 5.74) is 4.45. The average Bonchev–Trinajstić information content (AvgIpc) is 2.85. The van der Waals surface area contributed by atoms with E-state index in [0.29, 0.717) is 0 Å². The summed E-state index contributed by atoms with van der Waals surface area (Å²) in [6.07, 6.45) is 2.05. The lowest BCUT2D eigenvalue weighted by Gasteiger charge is -2.28. The topological polar surface area (TPSA) is 28.2 Å². The van der Waals surface area contributed by atoms with Crippen molar-refractivity contribution in [3.05, 3.63) is 63.8 Å². The first-order valence-electron chi connectivity index (χ1n) is 7.12. The third kappa shape index (κ3) is 3.08. The standard InChI is InChI=1S/C17H18ClN3S/c1-11-9-13(3)19-15(10-11)20-17-21(7-8-22-17)16-12(2)5-4-6-14(16)18/h4-10,17H,1-3H3,(H,19,20). The molecule has 2 aromatic rings. The minimum Gasteiger partial charge on any atom is -0.341 e. The van der Waals surface area contributed by atoms with Crippen LogP contribution in [0.5, 0.6) is 0 Å². The second-order valence-corrected chi connectivity index (χ2v) is 6.80. The first-order chi connectivity index (χ1) is 10.5. The van der Waals surface area contributed by atoms with Crippen LogP contribution in [0.1, 0.15) is 16.8 Å². The molecule has 1 aliphatic rings. The maximum absolute atomic E-state index is 6.40. The van der Waals surface area contributed by atoms with Gasteiger partial charge in [0.15, 0.2) is 5.50 Å². The number of aromatic nitrogens is 1. The Labute approximate surface area is 140 Å². The summed E-state index contributed by atoms with van der Waals surface area (Å²) in [5.74, 6) is 0.883. The summed E-state index contributed by atoms with van der Waals surface area (Å²) >= 11 is 8.10. The number of aryl methyl sites for hydroxylation is 3. The lowest BCUT2D eigenvalue weighted by molar-refractivity contribution is 0.958. The van der Waals surface area contributed by atoms with E-state index in [1.165, 1.54) is 5.56 Å². The van der Waals surface area contributed by atoms with Gasteiger partial charge >= 0.3 is 0 Å². The Morgan fingerprint density at radius 2 is 2.05 bits per heavy atom. The number of nitrogens with zero attached hydrogens (tertiary/aromatic N) is 2. The number of hydrogen-bond acceptors (Lipinski definition) is 4. The fourth-order valence-electron chi connectivity index (χ4n) is 2.61. The molecule has 1 unspecified atom stereocenters. The lowest BCUT2D eigenvalue weighted by atomic mass is 10.2. The first-order valence-corrected chi connectivity index (χ1v) is 8.44. The highest BCUT2D eigenvalue weighted by molar-refractivity contribution is 8.03. The van der Waals surface area contributed by atoms with Gasteiger partial charge in [0.2, 0.25) is 0 Å². The number of pyridine rings is 1. The summed E-state index contributed by atoms with van der Waals surface area (Å²) in [4.78, 5) is 6.71. The normalized spacial score (nSPS) is 17.1. The number of thioether (sulfide) groups is 1. The molecule has 0 aliphatic carbocycles. The molecule has 1 aromatic carbocycles. The predicted molar refractivity (Wildman–Crippen MR) is 96.5 cm³/mol. The van der Waals surface area contributed by atoms with Gasteiger partial charge in [-0.2, -0.15) is 0 Å². The Hall–Kier alpha value is -1.65. The monoisotopic (exact) mass is 331 g/mol. The molecule has 3 nitrogen and oxygen atoms in total. The molecule has 1 aliphatic heterocycles. The van der Waals surface area contributed by atoms with Crippen LogP contribution in [0.25, 0.3) is 0 Å². The number of benzene rings is 1. The largest absolute Gasteiger partial charge is 0.341 e. The maximum atomic E-state index is 6.40. The molecule has 0 saturated heterocycles. The zero-order chi connectivity index (χ0) is 15.7. The Morgan fingerprint density at radius 3 is 2.77 bits per heavy atom. The van der Waals surface area contributed by atoms with Crippen LogP contribution >= 0.6 is 23.4 Å². The van der Waals surface area contributed by atoms with Crippen molar-refractivity contribution >= 4 is 34.9 Å². The minimum atomic E-state index is 0.0484. The zero-order valence-electron chi connectivity index (χ0n) is 12.8. The number of anilines is 2. The second kappa shape index (κ2) is 6.23. The van der Waals surface area contributed by atoms with E-state index in [-0.39, 0.29) is 5.50 Å². The van der Waals surface area contributed by atoms with Gasteiger partial charge in [-0.15, -0.1) is 0 Å². The average molecular weight is 332 g/mol. The van der Waals surface area contributed by atoms with Crippen molar-refractivity contribution in [2.75, 3.05) is 10.2 Å². The van der Waals surface area contributed by atoms with Crippen LogP contribution in [0.4, 0.5) is 11.5 Å². The van der Waals surface area contributed by atoms with Gasteiger partial charge in [-0.25, -0.2) is 4.98 Å². The maximum Gasteiger partial charge on any atom is 0.157 e. The van der Waals surface area contributed by atoms with Crippen molar-refractivity contribution in [3.8, 4) is 0 Å². The number of halogens is 1. The molecular formula is C17H18ClN3S. The fourth-order valence-corrected chi connectivity index (χ4v) is 3.77. The second-order valence-electron chi connectivity index (χ2n) is 5.40. The molecule has 0 fully saturated rings. The van der Waals surface area contributed by atoms with E-state index in [0.717, 1.165) is 27.8 Å². The van der Waals surface area contributed by atoms with Crippen LogP contribution < -0.4 is 10.2 Å². The van der Waals surface area contributed by atoms with Crippen molar-refractivity contribution in [1.29, 1.82) is 0 Å². The van der Waals surface area contributed by atoms with Crippen LogP contribution in [-0.2, 0) is 0 Å². The summed E-state index contributed by atoms with van der Waals surface area (Å²) in [6.45, 7) is 6.16. The van der Waals surface area contributed by atoms with Gasteiger partial charge in [-0.3, -0.25) is 0 Å². The zero-order valence-corrected chi connectivity index (χ0v) is 14.4. The van der Waals surface area contributed by atoms with Crippen LogP contribution in [0.2, 0.25) is 5.02 Å². The summed E-state index contributed by atoms with van der Waals surface area (Å²) in [5, 5.41) is 6.31. The molecule has 0 saturated carbocycles. The van der Waals surface area contributed by atoms with Gasteiger partial charge in [-0.1, -0.05) is 35.5 Å². The van der Waals surface area contributed by atoms with Crippen molar-refractivity contribution in [1.82, 2.24) is 4.98 Å². The third-order valence-electron chi connectivity index (χ3n) is 3.50. The number of para-hydroxylation sites is 1. The molecule has 22 heavy (non-hydrogen) atoms. The van der Waals surface area contributed by atoms with Crippen molar-refractivity contribution in [2.45, 2.75) is 26.3 Å². The van der Waals surface area contributed by atoms with E-state index < -0.39 is 0 Å². The highest BCUT2D eigenvalue weighted by atomic mass is 35.5. The van der Waals surface area contributed by atoms with Crippen LogP contribution in [0.15, 0.2) is 41.9 Å². The van der Waals surface area contributed by atoms with E-state index in [4.69, 9.17) is 11.6 Å². The molecule has 114 valence electrons. The van der Waals surface area contributed by atoms with Gasteiger partial charge in [0.05, 0.1) is 10.7 Å². The molecule has 5 heteroatoms. The van der Waals surface area contributed by atoms with Gasteiger partial charge < -0.3 is 10.2 Å². The summed E-state index contributed by atoms with van der Waals surface area (Å²) in [7, 11) is 0. The predicted octanol–water partition coefficient (Wildman–Crippen LogP) is 5.08. The highest BCUT2D eigenvalue weighted by Crippen LogP contribution is 2.37. The third-order valence-corrected chi connectivity index (χ3v) is 4.68. The number of rotatable bonds is 3. The Balaban J connectivity index is 1.88. The van der Waals surface area contributed by atoms with E-state index in [9.17, 15) is 0 Å². The SMILES string of the molecule is Cc1cc(C)nc(NC2SC=CN2c2c(C)cccc2Cl)c1. The lowest BCUT2D eigenvalue weighted by Crippen LogP contribution is -2.32. The summed E-state index contributed by atoms with van der Waals surface area (Å²) < 4.78 is 0. The Kier molecular flexibility index (Phi) is 4.32. The molecule has 0 bridgehead atoms. The quantitative estimate of drug-likeness (QED) is 0.848. The smallest absolute Gasteiger partial charge is 0.157 e. The van der Waals surface area contributed by atoms with Gasteiger partial charge in [-0.05, 0) is 55.5 Å². The van der Waals surface area contributed by atoms with Gasteiger partial charge in [0.25, 0.3) is 0 Å². The molecule has 3 rings (SSSR count). The Morgan fingerprint density at radius 1 is 1.23 bits per heavy atom. The van der Waals surface area contributed by atoms with Crippen molar-refractivity contribution in [3.63, 3.8) is 0 Å². The number of nitrogens with one attached hydrogen (secondary N) is 1. The molecule has 2 heterocycles. The first kappa shape index (κ1) is 15.3. The molecule has 0 spiro atoms. The van der Waals surface area contributed by atoms with Crippen molar-refractivity contribution < 1.29 is 0 Å². The van der Waals surface area contributed by atoms with Gasteiger partial charge in [0, 0.05) is 11.9 Å². The molecule has 1 N–H and O–H groups in total. The van der Waals surface area contributed by atoms with E-state index in [1.54, 1.807) is 11.8 Å². The van der Waals surface area contributed by atoms with E-state index in [2.05, 4.69) is 58.9 Å². The molecular weight excluding hydrogens is 314 g/mol. The molecule has 0 radical (unpaired) electrons. The molecule has 1 aromatic heterocycles. The van der Waals surface area contributed by atoms with Crippen LogP contribution in [0, 0.1) is 20.8 Å². The van der Waals surface area contributed by atoms with Crippen LogP contribution in [0.3, 0.4) is 0 Å². The minimum absolute atomic E-state index is 0.0484. The highest BCUT2D eigenvalue weighted by Gasteiger charge is 2.24. The molecule has 0 amide bonds. The number of hydrogen-bond donors (Lipinski definition) is 1. The van der Waals surface area contributed by atoms with E-state index >= 15 is 0 Å². The fraction of sp³-hybridized carbons (Fsp3) is 0.235. The molecule has 1 atom stereocenters. The Bertz CT molecular complexity index is 689. The van der Waals surface area contributed by atoms with Gasteiger partial charge in [0.1, 0.15) is 5.82 Å².